The van der Waals surface area contributed by atoms with Gasteiger partial charge in [0.2, 0.25) is 0 Å². The predicted molar refractivity (Wildman–Crippen MR) is 94.6 cm³/mol. The monoisotopic (exact) mass is 331 g/mol. The van der Waals surface area contributed by atoms with Gasteiger partial charge < -0.3 is 20.7 Å². The van der Waals surface area contributed by atoms with E-state index in [2.05, 4.69) is 5.32 Å². The zero-order valence-electron chi connectivity index (χ0n) is 14.3. The van der Waals surface area contributed by atoms with Crippen LogP contribution in [0.5, 0.6) is 0 Å². The highest BCUT2D eigenvalue weighted by Crippen LogP contribution is 2.20. The third kappa shape index (κ3) is 4.71. The summed E-state index contributed by atoms with van der Waals surface area (Å²) in [5.74, 6) is 0. The summed E-state index contributed by atoms with van der Waals surface area (Å²) in [4.78, 5) is 14.0. The molecule has 3 rings (SSSR count). The van der Waals surface area contributed by atoms with Gasteiger partial charge in [-0.05, 0) is 31.2 Å². The molecule has 1 aromatic rings. The Labute approximate surface area is 144 Å². The third-order valence-corrected chi connectivity index (χ3v) is 5.23. The molecule has 2 atom stereocenters. The zero-order chi connectivity index (χ0) is 16.8. The number of piperidine rings is 1. The highest BCUT2D eigenvalue weighted by molar-refractivity contribution is 5.67. The van der Waals surface area contributed by atoms with Gasteiger partial charge in [0.1, 0.15) is 6.61 Å². The van der Waals surface area contributed by atoms with Crippen molar-refractivity contribution >= 4 is 6.09 Å². The summed E-state index contributed by atoms with van der Waals surface area (Å²) in [6.07, 6.45) is 6.59. The van der Waals surface area contributed by atoms with Crippen LogP contribution in [-0.4, -0.2) is 42.2 Å². The van der Waals surface area contributed by atoms with Crippen LogP contribution < -0.4 is 11.1 Å². The second kappa shape index (κ2) is 8.49. The van der Waals surface area contributed by atoms with E-state index in [0.717, 1.165) is 37.9 Å². The minimum absolute atomic E-state index is 0.202. The molecule has 2 aliphatic rings. The second-order valence-corrected chi connectivity index (χ2v) is 7.02. The molecule has 5 heteroatoms. The van der Waals surface area contributed by atoms with Crippen molar-refractivity contribution < 1.29 is 9.53 Å². The average Bonchev–Trinajstić information content (AvgIpc) is 2.63. The summed E-state index contributed by atoms with van der Waals surface area (Å²) in [5.41, 5.74) is 7.24. The van der Waals surface area contributed by atoms with Crippen LogP contribution in [-0.2, 0) is 11.3 Å². The fourth-order valence-electron chi connectivity index (χ4n) is 3.71. The number of hydrogen-bond donors (Lipinski definition) is 2. The van der Waals surface area contributed by atoms with Crippen molar-refractivity contribution in [3.05, 3.63) is 35.9 Å². The van der Waals surface area contributed by atoms with E-state index in [1.807, 2.05) is 35.2 Å². The molecule has 1 saturated carbocycles. The van der Waals surface area contributed by atoms with Crippen molar-refractivity contribution in [2.24, 2.45) is 5.73 Å². The maximum atomic E-state index is 12.2. The van der Waals surface area contributed by atoms with Gasteiger partial charge in [-0.2, -0.15) is 0 Å². The molecule has 5 nitrogen and oxygen atoms in total. The van der Waals surface area contributed by atoms with Gasteiger partial charge in [-0.25, -0.2) is 4.79 Å². The van der Waals surface area contributed by atoms with E-state index in [0.29, 0.717) is 18.7 Å². The Morgan fingerprint density at radius 1 is 1.12 bits per heavy atom. The Bertz CT molecular complexity index is 515. The first kappa shape index (κ1) is 17.2. The molecular formula is C19H29N3O2. The molecule has 132 valence electrons. The smallest absolute Gasteiger partial charge is 0.410 e. The zero-order valence-corrected chi connectivity index (χ0v) is 14.3. The highest BCUT2D eigenvalue weighted by atomic mass is 16.6. The van der Waals surface area contributed by atoms with Crippen LogP contribution in [0.1, 0.15) is 44.1 Å². The van der Waals surface area contributed by atoms with Crippen LogP contribution in [0.2, 0.25) is 0 Å². The van der Waals surface area contributed by atoms with Crippen LogP contribution in [0.4, 0.5) is 4.79 Å². The minimum Gasteiger partial charge on any atom is -0.445 e. The van der Waals surface area contributed by atoms with Gasteiger partial charge >= 0.3 is 6.09 Å². The maximum Gasteiger partial charge on any atom is 0.410 e. The quantitative estimate of drug-likeness (QED) is 0.890. The summed E-state index contributed by atoms with van der Waals surface area (Å²) >= 11 is 0. The Morgan fingerprint density at radius 3 is 2.54 bits per heavy atom. The number of nitrogens with zero attached hydrogens (tertiary/aromatic N) is 1. The van der Waals surface area contributed by atoms with E-state index in [-0.39, 0.29) is 12.1 Å². The Balaban J connectivity index is 1.39. The number of benzene rings is 1. The lowest BCUT2D eigenvalue weighted by molar-refractivity contribution is 0.0837. The summed E-state index contributed by atoms with van der Waals surface area (Å²) in [7, 11) is 0. The number of ether oxygens (including phenoxy) is 1. The van der Waals surface area contributed by atoms with Gasteiger partial charge in [-0.15, -0.1) is 0 Å². The molecule has 1 heterocycles. The number of hydrogen-bond acceptors (Lipinski definition) is 4. The third-order valence-electron chi connectivity index (χ3n) is 5.23. The molecule has 1 saturated heterocycles. The topological polar surface area (TPSA) is 67.6 Å². The Hall–Kier alpha value is -1.59. The molecule has 0 radical (unpaired) electrons. The van der Waals surface area contributed by atoms with E-state index in [9.17, 15) is 4.79 Å². The van der Waals surface area contributed by atoms with Gasteiger partial charge in [0.15, 0.2) is 0 Å². The molecule has 2 fully saturated rings. The number of nitrogens with two attached hydrogens (primary N) is 1. The molecule has 1 aliphatic heterocycles. The number of likely N-dealkylation sites (tertiary alicyclic amines) is 1. The molecule has 2 unspecified atom stereocenters. The first-order valence-electron chi connectivity index (χ1n) is 9.19. The van der Waals surface area contributed by atoms with Crippen molar-refractivity contribution in [1.82, 2.24) is 10.2 Å². The standard InChI is InChI=1S/C19H29N3O2/c20-17-8-4-5-9-18(17)21-16-10-12-22(13-11-16)19(23)24-14-15-6-2-1-3-7-15/h1-3,6-7,16-18,21H,4-5,8-14,20H2. The number of rotatable bonds is 4. The molecular weight excluding hydrogens is 302 g/mol. The first-order chi connectivity index (χ1) is 11.7. The van der Waals surface area contributed by atoms with Crippen LogP contribution in [0.15, 0.2) is 30.3 Å². The molecule has 1 aromatic carbocycles. The summed E-state index contributed by atoms with van der Waals surface area (Å²) in [6.45, 7) is 1.86. The number of nitrogens with one attached hydrogen (secondary N) is 1. The number of carbonyl (C=O) groups is 1. The van der Waals surface area contributed by atoms with Gasteiger partial charge in [0.05, 0.1) is 0 Å². The number of amides is 1. The SMILES string of the molecule is NC1CCCCC1NC1CCN(C(=O)OCc2ccccc2)CC1. The van der Waals surface area contributed by atoms with E-state index >= 15 is 0 Å². The lowest BCUT2D eigenvalue weighted by Crippen LogP contribution is -2.54. The fourth-order valence-corrected chi connectivity index (χ4v) is 3.71. The normalized spacial score (nSPS) is 25.5. The first-order valence-corrected chi connectivity index (χ1v) is 9.19. The predicted octanol–water partition coefficient (Wildman–Crippen LogP) is 2.65. The summed E-state index contributed by atoms with van der Waals surface area (Å²) in [5, 5.41) is 3.72. The van der Waals surface area contributed by atoms with Gasteiger partial charge in [-0.1, -0.05) is 43.2 Å². The molecule has 0 spiro atoms. The molecule has 0 aromatic heterocycles. The van der Waals surface area contributed by atoms with E-state index in [1.54, 1.807) is 0 Å². The van der Waals surface area contributed by atoms with Crippen molar-refractivity contribution in [2.45, 2.75) is 63.3 Å². The van der Waals surface area contributed by atoms with Gasteiger partial charge in [-0.3, -0.25) is 0 Å². The van der Waals surface area contributed by atoms with Crippen LogP contribution >= 0.6 is 0 Å². The highest BCUT2D eigenvalue weighted by Gasteiger charge is 2.28. The fraction of sp³-hybridized carbons (Fsp3) is 0.632. The van der Waals surface area contributed by atoms with Crippen molar-refractivity contribution in [1.29, 1.82) is 0 Å². The van der Waals surface area contributed by atoms with Crippen molar-refractivity contribution in [2.75, 3.05) is 13.1 Å². The Morgan fingerprint density at radius 2 is 1.83 bits per heavy atom. The van der Waals surface area contributed by atoms with Crippen LogP contribution in [0.3, 0.4) is 0 Å². The molecule has 1 amide bonds. The van der Waals surface area contributed by atoms with E-state index < -0.39 is 0 Å². The van der Waals surface area contributed by atoms with Gasteiger partial charge in [0.25, 0.3) is 0 Å². The number of carbonyl (C=O) groups excluding carboxylic acids is 1. The van der Waals surface area contributed by atoms with Crippen LogP contribution in [0, 0.1) is 0 Å². The van der Waals surface area contributed by atoms with Crippen LogP contribution in [0.25, 0.3) is 0 Å². The van der Waals surface area contributed by atoms with E-state index in [1.165, 1.54) is 19.3 Å². The lowest BCUT2D eigenvalue weighted by atomic mass is 9.89. The van der Waals surface area contributed by atoms with Gasteiger partial charge in [0, 0.05) is 31.2 Å². The lowest BCUT2D eigenvalue weighted by Gasteiger charge is -2.37. The molecule has 3 N–H and O–H groups in total. The summed E-state index contributed by atoms with van der Waals surface area (Å²) < 4.78 is 5.42. The average molecular weight is 331 g/mol. The second-order valence-electron chi connectivity index (χ2n) is 7.02. The molecule has 0 bridgehead atoms. The minimum atomic E-state index is -0.202. The maximum absolute atomic E-state index is 12.2. The van der Waals surface area contributed by atoms with Crippen molar-refractivity contribution in [3.63, 3.8) is 0 Å². The van der Waals surface area contributed by atoms with E-state index in [4.69, 9.17) is 10.5 Å². The summed E-state index contributed by atoms with van der Waals surface area (Å²) in [6, 6.07) is 11.0. The molecule has 1 aliphatic carbocycles. The Kier molecular flexibility index (Phi) is 6.10. The van der Waals surface area contributed by atoms with Crippen molar-refractivity contribution in [3.8, 4) is 0 Å². The largest absolute Gasteiger partial charge is 0.445 e. The molecule has 24 heavy (non-hydrogen) atoms.